The van der Waals surface area contributed by atoms with Crippen molar-refractivity contribution in [3.8, 4) is 0 Å². The van der Waals surface area contributed by atoms with E-state index < -0.39 is 21.9 Å². The molecule has 0 radical (unpaired) electrons. The number of nitrogens with one attached hydrogen (secondary N) is 3. The predicted molar refractivity (Wildman–Crippen MR) is 128 cm³/mol. The quantitative estimate of drug-likeness (QED) is 0.477. The zero-order valence-electron chi connectivity index (χ0n) is 19.3. The maximum absolute atomic E-state index is 13.0. The smallest absolute Gasteiger partial charge is 0.242 e. The molecule has 1 saturated carbocycles. The molecule has 0 unspecified atom stereocenters. The standard InChI is InChI=1S/C25H32FN3O4S/c1-18(24(30)27-16-15-19-5-3-2-4-6-19)29-25(31)21-9-7-20(8-10-21)17-28-34(32,33)23-13-11-22(26)12-14-23/h2-6,11-14,18,20-21,28H,7-10,15-17H2,1H3,(H,27,30)(H,29,31)/t18-,20?,21?/m0/s1. The molecule has 2 aromatic rings. The molecule has 1 aliphatic rings. The first-order valence-corrected chi connectivity index (χ1v) is 13.1. The van der Waals surface area contributed by atoms with Crippen molar-refractivity contribution in [2.75, 3.05) is 13.1 Å². The molecular weight excluding hydrogens is 457 g/mol. The molecule has 0 aromatic heterocycles. The molecule has 0 heterocycles. The summed E-state index contributed by atoms with van der Waals surface area (Å²) in [5.74, 6) is -0.916. The van der Waals surface area contributed by atoms with E-state index in [0.29, 0.717) is 32.2 Å². The minimum atomic E-state index is -3.70. The van der Waals surface area contributed by atoms with Gasteiger partial charge in [-0.15, -0.1) is 0 Å². The fourth-order valence-electron chi connectivity index (χ4n) is 4.08. The Morgan fingerprint density at radius 2 is 1.65 bits per heavy atom. The summed E-state index contributed by atoms with van der Waals surface area (Å²) in [5, 5.41) is 5.66. The number of carbonyl (C=O) groups is 2. The van der Waals surface area contributed by atoms with Gasteiger partial charge in [0.05, 0.1) is 4.90 Å². The van der Waals surface area contributed by atoms with Gasteiger partial charge in [-0.1, -0.05) is 30.3 Å². The summed E-state index contributed by atoms with van der Waals surface area (Å²) in [6.45, 7) is 2.45. The fourth-order valence-corrected chi connectivity index (χ4v) is 5.19. The molecule has 9 heteroatoms. The number of benzene rings is 2. The van der Waals surface area contributed by atoms with Crippen LogP contribution in [0.2, 0.25) is 0 Å². The summed E-state index contributed by atoms with van der Waals surface area (Å²) < 4.78 is 40.3. The van der Waals surface area contributed by atoms with E-state index in [2.05, 4.69) is 15.4 Å². The molecule has 1 atom stereocenters. The monoisotopic (exact) mass is 489 g/mol. The minimum Gasteiger partial charge on any atom is -0.354 e. The van der Waals surface area contributed by atoms with Crippen molar-refractivity contribution in [3.63, 3.8) is 0 Å². The van der Waals surface area contributed by atoms with Crippen LogP contribution in [0.4, 0.5) is 4.39 Å². The third kappa shape index (κ3) is 7.63. The molecule has 3 rings (SSSR count). The van der Waals surface area contributed by atoms with Crippen LogP contribution in [0, 0.1) is 17.7 Å². The second kappa shape index (κ2) is 12.1. The van der Waals surface area contributed by atoms with Crippen LogP contribution in [0.1, 0.15) is 38.2 Å². The van der Waals surface area contributed by atoms with Gasteiger partial charge < -0.3 is 10.6 Å². The van der Waals surface area contributed by atoms with Crippen molar-refractivity contribution in [1.82, 2.24) is 15.4 Å². The summed E-state index contributed by atoms with van der Waals surface area (Å²) in [6.07, 6.45) is 3.42. The van der Waals surface area contributed by atoms with E-state index in [1.54, 1.807) is 6.92 Å². The van der Waals surface area contributed by atoms with Crippen molar-refractivity contribution in [2.45, 2.75) is 50.0 Å². The van der Waals surface area contributed by atoms with Gasteiger partial charge in [-0.3, -0.25) is 9.59 Å². The fraction of sp³-hybridized carbons (Fsp3) is 0.440. The van der Waals surface area contributed by atoms with Crippen molar-refractivity contribution in [1.29, 1.82) is 0 Å². The summed E-state index contributed by atoms with van der Waals surface area (Å²) >= 11 is 0. The Labute approximate surface area is 200 Å². The Morgan fingerprint density at radius 1 is 1.00 bits per heavy atom. The molecule has 1 fully saturated rings. The normalized spacial score (nSPS) is 19.2. The minimum absolute atomic E-state index is 0.0259. The Kier molecular flexibility index (Phi) is 9.18. The van der Waals surface area contributed by atoms with Crippen LogP contribution in [0.5, 0.6) is 0 Å². The first-order chi connectivity index (χ1) is 16.2. The van der Waals surface area contributed by atoms with Gasteiger partial charge in [0.25, 0.3) is 0 Å². The highest BCUT2D eigenvalue weighted by atomic mass is 32.2. The summed E-state index contributed by atoms with van der Waals surface area (Å²) in [4.78, 5) is 24.9. The number of rotatable bonds is 10. The van der Waals surface area contributed by atoms with Crippen LogP contribution in [0.3, 0.4) is 0 Å². The molecule has 3 N–H and O–H groups in total. The molecule has 0 saturated heterocycles. The number of halogens is 1. The maximum atomic E-state index is 13.0. The van der Waals surface area contributed by atoms with Gasteiger partial charge in [0, 0.05) is 19.0 Å². The van der Waals surface area contributed by atoms with Crippen LogP contribution in [0.15, 0.2) is 59.5 Å². The topological polar surface area (TPSA) is 104 Å². The van der Waals surface area contributed by atoms with Gasteiger partial charge in [-0.05, 0) is 74.8 Å². The summed E-state index contributed by atoms with van der Waals surface area (Å²) in [6, 6.07) is 13.9. The van der Waals surface area contributed by atoms with Crippen LogP contribution in [-0.4, -0.2) is 39.4 Å². The largest absolute Gasteiger partial charge is 0.354 e. The van der Waals surface area contributed by atoms with E-state index in [-0.39, 0.29) is 35.1 Å². The van der Waals surface area contributed by atoms with Crippen molar-refractivity contribution in [2.24, 2.45) is 11.8 Å². The Hall–Kier alpha value is -2.78. The average Bonchev–Trinajstić information content (AvgIpc) is 2.84. The van der Waals surface area contributed by atoms with Crippen LogP contribution in [0.25, 0.3) is 0 Å². The highest BCUT2D eigenvalue weighted by Gasteiger charge is 2.29. The second-order valence-electron chi connectivity index (χ2n) is 8.78. The first-order valence-electron chi connectivity index (χ1n) is 11.6. The summed E-state index contributed by atoms with van der Waals surface area (Å²) in [5.41, 5.74) is 1.14. The van der Waals surface area contributed by atoms with E-state index in [9.17, 15) is 22.4 Å². The molecule has 2 amide bonds. The van der Waals surface area contributed by atoms with Gasteiger partial charge >= 0.3 is 0 Å². The van der Waals surface area contributed by atoms with E-state index in [1.807, 2.05) is 30.3 Å². The lowest BCUT2D eigenvalue weighted by Gasteiger charge is -2.28. The van der Waals surface area contributed by atoms with E-state index >= 15 is 0 Å². The molecule has 2 aromatic carbocycles. The Balaban J connectivity index is 1.36. The number of hydrogen-bond acceptors (Lipinski definition) is 4. The van der Waals surface area contributed by atoms with Gasteiger partial charge in [-0.2, -0.15) is 0 Å². The lowest BCUT2D eigenvalue weighted by Crippen LogP contribution is -2.47. The molecule has 184 valence electrons. The average molecular weight is 490 g/mol. The number of hydrogen-bond donors (Lipinski definition) is 3. The Morgan fingerprint density at radius 3 is 2.29 bits per heavy atom. The van der Waals surface area contributed by atoms with Crippen LogP contribution in [-0.2, 0) is 26.0 Å². The predicted octanol–water partition coefficient (Wildman–Crippen LogP) is 2.77. The highest BCUT2D eigenvalue weighted by Crippen LogP contribution is 2.29. The van der Waals surface area contributed by atoms with Crippen molar-refractivity contribution in [3.05, 3.63) is 66.0 Å². The van der Waals surface area contributed by atoms with Crippen LogP contribution < -0.4 is 15.4 Å². The van der Waals surface area contributed by atoms with Gasteiger partial charge in [0.2, 0.25) is 21.8 Å². The SMILES string of the molecule is C[C@H](NC(=O)C1CCC(CNS(=O)(=O)c2ccc(F)cc2)CC1)C(=O)NCCc1ccccc1. The van der Waals surface area contributed by atoms with E-state index in [4.69, 9.17) is 0 Å². The molecule has 0 spiro atoms. The maximum Gasteiger partial charge on any atom is 0.242 e. The van der Waals surface area contributed by atoms with Gasteiger partial charge in [0.15, 0.2) is 0 Å². The Bertz CT molecular complexity index is 1050. The van der Waals surface area contributed by atoms with Gasteiger partial charge in [-0.25, -0.2) is 17.5 Å². The third-order valence-electron chi connectivity index (χ3n) is 6.21. The first kappa shape index (κ1) is 25.8. The molecule has 1 aliphatic carbocycles. The van der Waals surface area contributed by atoms with E-state index in [0.717, 1.165) is 24.1 Å². The zero-order chi connectivity index (χ0) is 24.6. The summed E-state index contributed by atoms with van der Waals surface area (Å²) in [7, 11) is -3.70. The highest BCUT2D eigenvalue weighted by molar-refractivity contribution is 7.89. The number of amides is 2. The van der Waals surface area contributed by atoms with Crippen molar-refractivity contribution >= 4 is 21.8 Å². The van der Waals surface area contributed by atoms with Gasteiger partial charge in [0.1, 0.15) is 11.9 Å². The number of carbonyl (C=O) groups excluding carboxylic acids is 2. The molecular formula is C25H32FN3O4S. The molecule has 34 heavy (non-hydrogen) atoms. The zero-order valence-corrected chi connectivity index (χ0v) is 20.1. The lowest BCUT2D eigenvalue weighted by atomic mass is 9.81. The third-order valence-corrected chi connectivity index (χ3v) is 7.65. The number of sulfonamides is 1. The van der Waals surface area contributed by atoms with E-state index in [1.165, 1.54) is 12.1 Å². The molecule has 7 nitrogen and oxygen atoms in total. The second-order valence-corrected chi connectivity index (χ2v) is 10.5. The van der Waals surface area contributed by atoms with Crippen molar-refractivity contribution < 1.29 is 22.4 Å². The van der Waals surface area contributed by atoms with Crippen LogP contribution >= 0.6 is 0 Å². The molecule has 0 bridgehead atoms. The molecule has 0 aliphatic heterocycles. The lowest BCUT2D eigenvalue weighted by molar-refractivity contribution is -0.131.